The Labute approximate surface area is 220 Å². The smallest absolute Gasteiger partial charge is 0.324 e. The maximum absolute atomic E-state index is 13.3. The minimum atomic E-state index is -0.407. The highest BCUT2D eigenvalue weighted by atomic mass is 16.2. The van der Waals surface area contributed by atoms with Crippen molar-refractivity contribution in [3.63, 3.8) is 0 Å². The fourth-order valence-electron chi connectivity index (χ4n) is 4.90. The quantitative estimate of drug-likeness (QED) is 0.296. The van der Waals surface area contributed by atoms with Crippen LogP contribution in [0, 0.1) is 6.92 Å². The summed E-state index contributed by atoms with van der Waals surface area (Å²) < 4.78 is 1.58. The second kappa shape index (κ2) is 10.9. The molecule has 0 bridgehead atoms. The summed E-state index contributed by atoms with van der Waals surface area (Å²) in [6.07, 6.45) is 6.28. The highest BCUT2D eigenvalue weighted by Crippen LogP contribution is 2.33. The lowest BCUT2D eigenvalue weighted by molar-refractivity contribution is 0.0951. The van der Waals surface area contributed by atoms with Gasteiger partial charge < -0.3 is 21.3 Å². The van der Waals surface area contributed by atoms with Gasteiger partial charge in [-0.15, -0.1) is 0 Å². The van der Waals surface area contributed by atoms with Crippen molar-refractivity contribution < 1.29 is 9.59 Å². The van der Waals surface area contributed by atoms with Crippen LogP contribution >= 0.6 is 0 Å². The third kappa shape index (κ3) is 5.42. The number of benzene rings is 1. The first kappa shape index (κ1) is 25.2. The SMILES string of the molecule is Cc1cccc(NC(=O)Nc2ccc(-c3c(C(=O)NCCC4CCCN4C)cn4ncnc(N)c34)cc2)n1. The van der Waals surface area contributed by atoms with Crippen LogP contribution in [0.3, 0.4) is 0 Å². The zero-order chi connectivity index (χ0) is 26.6. The van der Waals surface area contributed by atoms with E-state index in [9.17, 15) is 9.59 Å². The zero-order valence-electron chi connectivity index (χ0n) is 21.4. The Morgan fingerprint density at radius 2 is 1.95 bits per heavy atom. The second-order valence-corrected chi connectivity index (χ2v) is 9.50. The number of rotatable bonds is 7. The summed E-state index contributed by atoms with van der Waals surface area (Å²) in [7, 11) is 2.13. The number of urea groups is 1. The molecule has 1 fully saturated rings. The molecule has 1 atom stereocenters. The van der Waals surface area contributed by atoms with Gasteiger partial charge in [-0.25, -0.2) is 19.3 Å². The van der Waals surface area contributed by atoms with E-state index in [1.165, 1.54) is 12.7 Å². The highest BCUT2D eigenvalue weighted by molar-refractivity contribution is 6.07. The molecule has 0 spiro atoms. The lowest BCUT2D eigenvalue weighted by Crippen LogP contribution is -2.31. The normalized spacial score (nSPS) is 15.5. The summed E-state index contributed by atoms with van der Waals surface area (Å²) in [6, 6.07) is 12.7. The standard InChI is InChI=1S/C27H31N9O2/c1-17-5-3-7-22(32-17)34-27(38)33-19-10-8-18(9-11-19)23-21(15-36-24(23)25(28)30-16-31-36)26(37)29-13-12-20-6-4-14-35(20)2/h3,5,7-11,15-16,20H,4,6,12-14H2,1-2H3,(H,29,37)(H2,28,30,31)(H2,32,33,34,38). The fourth-order valence-corrected chi connectivity index (χ4v) is 4.90. The number of hydrogen-bond donors (Lipinski definition) is 4. The van der Waals surface area contributed by atoms with E-state index in [4.69, 9.17) is 5.73 Å². The Bertz CT molecular complexity index is 1470. The Balaban J connectivity index is 1.34. The maximum atomic E-state index is 13.3. The number of carbonyl (C=O) groups excluding carboxylic acids is 2. The first-order valence-electron chi connectivity index (χ1n) is 12.6. The van der Waals surface area contributed by atoms with Crippen LogP contribution in [0.15, 0.2) is 55.0 Å². The lowest BCUT2D eigenvalue weighted by atomic mass is 10.0. The first-order valence-corrected chi connectivity index (χ1v) is 12.6. The molecule has 0 saturated carbocycles. The first-order chi connectivity index (χ1) is 18.4. The number of aromatic nitrogens is 4. The van der Waals surface area contributed by atoms with Crippen molar-refractivity contribution >= 4 is 34.8 Å². The summed E-state index contributed by atoms with van der Waals surface area (Å²) in [5.74, 6) is 0.539. The van der Waals surface area contributed by atoms with Gasteiger partial charge in [-0.3, -0.25) is 10.1 Å². The number of hydrogen-bond acceptors (Lipinski definition) is 7. The molecule has 196 valence electrons. The molecular weight excluding hydrogens is 482 g/mol. The van der Waals surface area contributed by atoms with Crippen LogP contribution in [0.4, 0.5) is 22.1 Å². The van der Waals surface area contributed by atoms with E-state index >= 15 is 0 Å². The lowest BCUT2D eigenvalue weighted by Gasteiger charge is -2.19. The van der Waals surface area contributed by atoms with Gasteiger partial charge in [0.15, 0.2) is 5.82 Å². The van der Waals surface area contributed by atoms with Crippen molar-refractivity contribution in [1.82, 2.24) is 29.8 Å². The summed E-state index contributed by atoms with van der Waals surface area (Å²) in [4.78, 5) is 36.5. The van der Waals surface area contributed by atoms with Gasteiger partial charge in [0.2, 0.25) is 0 Å². The minimum Gasteiger partial charge on any atom is -0.382 e. The Kier molecular flexibility index (Phi) is 7.18. The van der Waals surface area contributed by atoms with Crippen molar-refractivity contribution in [1.29, 1.82) is 0 Å². The van der Waals surface area contributed by atoms with Gasteiger partial charge in [-0.05, 0) is 69.6 Å². The van der Waals surface area contributed by atoms with E-state index in [-0.39, 0.29) is 11.7 Å². The van der Waals surface area contributed by atoms with Crippen molar-refractivity contribution in [3.8, 4) is 11.1 Å². The molecule has 4 heterocycles. The fraction of sp³-hybridized carbons (Fsp3) is 0.296. The third-order valence-corrected chi connectivity index (χ3v) is 6.84. The van der Waals surface area contributed by atoms with Crippen LogP contribution in [-0.2, 0) is 0 Å². The van der Waals surface area contributed by atoms with E-state index < -0.39 is 6.03 Å². The molecule has 1 unspecified atom stereocenters. The predicted molar refractivity (Wildman–Crippen MR) is 147 cm³/mol. The predicted octanol–water partition coefficient (Wildman–Crippen LogP) is 3.54. The van der Waals surface area contributed by atoms with Gasteiger partial charge in [0.05, 0.1) is 5.56 Å². The molecule has 5 N–H and O–H groups in total. The highest BCUT2D eigenvalue weighted by Gasteiger charge is 2.23. The summed E-state index contributed by atoms with van der Waals surface area (Å²) in [6.45, 7) is 3.53. The van der Waals surface area contributed by atoms with Crippen molar-refractivity contribution in [2.45, 2.75) is 32.2 Å². The molecule has 1 aliphatic heterocycles. The van der Waals surface area contributed by atoms with Crippen LogP contribution in [0.5, 0.6) is 0 Å². The Morgan fingerprint density at radius 1 is 1.13 bits per heavy atom. The van der Waals surface area contributed by atoms with Gasteiger partial charge in [0, 0.05) is 35.7 Å². The molecule has 0 radical (unpaired) electrons. The largest absolute Gasteiger partial charge is 0.382 e. The van der Waals surface area contributed by atoms with Crippen LogP contribution in [0.25, 0.3) is 16.6 Å². The zero-order valence-corrected chi connectivity index (χ0v) is 21.4. The molecule has 11 heteroatoms. The number of aryl methyl sites for hydroxylation is 1. The van der Waals surface area contributed by atoms with Crippen molar-refractivity contribution in [2.75, 3.05) is 36.5 Å². The topological polar surface area (TPSA) is 143 Å². The summed E-state index contributed by atoms with van der Waals surface area (Å²) >= 11 is 0. The number of likely N-dealkylation sites (tertiary alicyclic amines) is 1. The van der Waals surface area contributed by atoms with E-state index in [2.05, 4.69) is 43.0 Å². The summed E-state index contributed by atoms with van der Waals surface area (Å²) in [5.41, 5.74) is 9.99. The van der Waals surface area contributed by atoms with Gasteiger partial charge in [0.1, 0.15) is 17.7 Å². The number of nitrogen functional groups attached to an aromatic ring is 1. The van der Waals surface area contributed by atoms with Crippen LogP contribution in [0.1, 0.15) is 35.3 Å². The molecule has 1 aliphatic rings. The molecule has 4 aromatic rings. The molecule has 1 aromatic carbocycles. The molecule has 0 aliphatic carbocycles. The van der Waals surface area contributed by atoms with Gasteiger partial charge in [-0.2, -0.15) is 5.10 Å². The minimum absolute atomic E-state index is 0.196. The van der Waals surface area contributed by atoms with Crippen molar-refractivity contribution in [3.05, 3.63) is 66.2 Å². The van der Waals surface area contributed by atoms with Crippen LogP contribution in [-0.4, -0.2) is 62.6 Å². The number of amides is 3. The van der Waals surface area contributed by atoms with E-state index in [1.807, 2.05) is 31.2 Å². The summed E-state index contributed by atoms with van der Waals surface area (Å²) in [5, 5.41) is 12.8. The van der Waals surface area contributed by atoms with Gasteiger partial charge >= 0.3 is 6.03 Å². The number of pyridine rings is 1. The van der Waals surface area contributed by atoms with Crippen molar-refractivity contribution in [2.24, 2.45) is 0 Å². The van der Waals surface area contributed by atoms with E-state index in [0.29, 0.717) is 40.7 Å². The van der Waals surface area contributed by atoms with Gasteiger partial charge in [-0.1, -0.05) is 18.2 Å². The number of carbonyl (C=O) groups is 2. The van der Waals surface area contributed by atoms with E-state index in [1.54, 1.807) is 28.9 Å². The molecule has 5 rings (SSSR count). The molecule has 3 aromatic heterocycles. The number of nitrogens with zero attached hydrogens (tertiary/aromatic N) is 5. The Hall–Kier alpha value is -4.51. The van der Waals surface area contributed by atoms with Gasteiger partial charge in [0.25, 0.3) is 5.91 Å². The van der Waals surface area contributed by atoms with Crippen LogP contribution < -0.4 is 21.7 Å². The maximum Gasteiger partial charge on any atom is 0.324 e. The molecule has 1 saturated heterocycles. The number of nitrogens with two attached hydrogens (primary N) is 1. The molecular formula is C27H31N9O2. The molecule has 3 amide bonds. The monoisotopic (exact) mass is 513 g/mol. The average Bonchev–Trinajstić information content (AvgIpc) is 3.49. The number of nitrogens with one attached hydrogen (secondary N) is 3. The number of fused-ring (bicyclic) bond motifs is 1. The van der Waals surface area contributed by atoms with E-state index in [0.717, 1.165) is 30.6 Å². The third-order valence-electron chi connectivity index (χ3n) is 6.84. The average molecular weight is 514 g/mol. The van der Waals surface area contributed by atoms with Crippen LogP contribution in [0.2, 0.25) is 0 Å². The second-order valence-electron chi connectivity index (χ2n) is 9.50. The number of anilines is 3. The Morgan fingerprint density at radius 3 is 2.68 bits per heavy atom. The molecule has 11 nitrogen and oxygen atoms in total. The molecule has 38 heavy (non-hydrogen) atoms.